The van der Waals surface area contributed by atoms with Gasteiger partial charge in [-0.1, -0.05) is 25.3 Å². The fourth-order valence-corrected chi connectivity index (χ4v) is 2.31. The quantitative estimate of drug-likeness (QED) is 0.776. The average molecular weight is 256 g/mol. The first-order valence-corrected chi connectivity index (χ1v) is 7.29. The highest BCUT2D eigenvalue weighted by Gasteiger charge is 2.15. The minimum Gasteiger partial charge on any atom is -0.374 e. The van der Waals surface area contributed by atoms with E-state index in [1.807, 2.05) is 0 Å². The Labute approximate surface area is 109 Å². The van der Waals surface area contributed by atoms with Gasteiger partial charge in [-0.15, -0.1) is 5.10 Å². The maximum Gasteiger partial charge on any atom is 0.134 e. The van der Waals surface area contributed by atoms with Gasteiger partial charge in [0.25, 0.3) is 0 Å². The lowest BCUT2D eigenvalue weighted by atomic mass is 10.2. The molecular formula is C12H24N4S. The van der Waals surface area contributed by atoms with E-state index in [9.17, 15) is 0 Å². The van der Waals surface area contributed by atoms with Gasteiger partial charge in [0.1, 0.15) is 10.7 Å². The van der Waals surface area contributed by atoms with Crippen LogP contribution >= 0.6 is 11.5 Å². The zero-order valence-corrected chi connectivity index (χ0v) is 12.2. The van der Waals surface area contributed by atoms with Crippen LogP contribution in [0.4, 0.5) is 5.00 Å². The molecule has 0 saturated heterocycles. The molecule has 1 aromatic rings. The van der Waals surface area contributed by atoms with Gasteiger partial charge >= 0.3 is 0 Å². The Bertz CT molecular complexity index is 313. The molecule has 0 saturated carbocycles. The first kappa shape index (κ1) is 14.4. The normalized spacial score (nSPS) is 13.0. The largest absolute Gasteiger partial charge is 0.374 e. The smallest absolute Gasteiger partial charge is 0.134 e. The van der Waals surface area contributed by atoms with E-state index in [2.05, 4.69) is 47.5 Å². The zero-order valence-electron chi connectivity index (χ0n) is 11.4. The third-order valence-electron chi connectivity index (χ3n) is 3.06. The van der Waals surface area contributed by atoms with Gasteiger partial charge < -0.3 is 5.32 Å². The van der Waals surface area contributed by atoms with Gasteiger partial charge in [-0.05, 0) is 26.3 Å². The average Bonchev–Trinajstić information content (AvgIpc) is 2.79. The molecule has 0 amide bonds. The SMILES string of the molecule is CCCNc1snnc1CN(CC)C(C)CC. The van der Waals surface area contributed by atoms with Crippen molar-refractivity contribution in [3.05, 3.63) is 5.69 Å². The summed E-state index contributed by atoms with van der Waals surface area (Å²) in [6.45, 7) is 11.8. The Morgan fingerprint density at radius 1 is 1.35 bits per heavy atom. The van der Waals surface area contributed by atoms with Crippen LogP contribution in [0.15, 0.2) is 0 Å². The summed E-state index contributed by atoms with van der Waals surface area (Å²) in [7, 11) is 0. The lowest BCUT2D eigenvalue weighted by Gasteiger charge is -2.26. The molecule has 1 atom stereocenters. The Kier molecular flexibility index (Phi) is 6.44. The van der Waals surface area contributed by atoms with E-state index in [4.69, 9.17) is 0 Å². The number of rotatable bonds is 8. The fraction of sp³-hybridized carbons (Fsp3) is 0.833. The van der Waals surface area contributed by atoms with E-state index < -0.39 is 0 Å². The summed E-state index contributed by atoms with van der Waals surface area (Å²) < 4.78 is 4.05. The van der Waals surface area contributed by atoms with E-state index in [1.165, 1.54) is 18.0 Å². The molecule has 1 aromatic heterocycles. The van der Waals surface area contributed by atoms with Crippen molar-refractivity contribution in [2.45, 2.75) is 53.1 Å². The van der Waals surface area contributed by atoms with E-state index in [1.54, 1.807) is 0 Å². The maximum absolute atomic E-state index is 4.24. The van der Waals surface area contributed by atoms with Gasteiger partial charge in [0.15, 0.2) is 0 Å². The molecule has 0 radical (unpaired) electrons. The molecule has 4 nitrogen and oxygen atoms in total. The van der Waals surface area contributed by atoms with E-state index in [0.717, 1.165) is 36.8 Å². The first-order chi connectivity index (χ1) is 8.22. The van der Waals surface area contributed by atoms with Crippen molar-refractivity contribution < 1.29 is 0 Å². The highest BCUT2D eigenvalue weighted by Crippen LogP contribution is 2.20. The van der Waals surface area contributed by atoms with Gasteiger partial charge in [-0.2, -0.15) is 0 Å². The van der Waals surface area contributed by atoms with Crippen molar-refractivity contribution in [1.82, 2.24) is 14.5 Å². The number of nitrogens with zero attached hydrogens (tertiary/aromatic N) is 3. The minimum atomic E-state index is 0.598. The standard InChI is InChI=1S/C12H24N4S/c1-5-8-13-12-11(14-15-17-12)9-16(7-3)10(4)6-2/h10,13H,5-9H2,1-4H3. The molecule has 0 spiro atoms. The van der Waals surface area contributed by atoms with Crippen molar-refractivity contribution in [1.29, 1.82) is 0 Å². The minimum absolute atomic E-state index is 0.598. The van der Waals surface area contributed by atoms with Crippen LogP contribution in [0, 0.1) is 0 Å². The molecular weight excluding hydrogens is 232 g/mol. The Balaban J connectivity index is 2.62. The molecule has 98 valence electrons. The van der Waals surface area contributed by atoms with E-state index in [-0.39, 0.29) is 0 Å². The number of hydrogen-bond acceptors (Lipinski definition) is 5. The van der Waals surface area contributed by atoms with Crippen LogP contribution in [-0.4, -0.2) is 33.6 Å². The second kappa shape index (κ2) is 7.61. The van der Waals surface area contributed by atoms with Gasteiger partial charge in [-0.3, -0.25) is 4.90 Å². The zero-order chi connectivity index (χ0) is 12.7. The highest BCUT2D eigenvalue weighted by atomic mass is 32.1. The monoisotopic (exact) mass is 256 g/mol. The topological polar surface area (TPSA) is 41.1 Å². The second-order valence-corrected chi connectivity index (χ2v) is 5.05. The van der Waals surface area contributed by atoms with Gasteiger partial charge in [0.05, 0.1) is 0 Å². The van der Waals surface area contributed by atoms with E-state index in [0.29, 0.717) is 6.04 Å². The van der Waals surface area contributed by atoms with Gasteiger partial charge in [-0.25, -0.2) is 0 Å². The van der Waals surface area contributed by atoms with Crippen LogP contribution in [-0.2, 0) is 6.54 Å². The molecule has 0 aliphatic rings. The van der Waals surface area contributed by atoms with Crippen molar-refractivity contribution >= 4 is 16.5 Å². The third kappa shape index (κ3) is 4.24. The van der Waals surface area contributed by atoms with E-state index >= 15 is 0 Å². The molecule has 1 rings (SSSR count). The third-order valence-corrected chi connectivity index (χ3v) is 3.79. The predicted molar refractivity (Wildman–Crippen MR) is 74.5 cm³/mol. The molecule has 0 aliphatic heterocycles. The van der Waals surface area contributed by atoms with Crippen LogP contribution in [0.3, 0.4) is 0 Å². The summed E-state index contributed by atoms with van der Waals surface area (Å²) in [5.41, 5.74) is 1.09. The molecule has 0 bridgehead atoms. The predicted octanol–water partition coefficient (Wildman–Crippen LogP) is 2.98. The fourth-order valence-electron chi connectivity index (χ4n) is 1.71. The highest BCUT2D eigenvalue weighted by molar-refractivity contribution is 7.10. The Morgan fingerprint density at radius 3 is 2.71 bits per heavy atom. The summed E-state index contributed by atoms with van der Waals surface area (Å²) >= 11 is 1.46. The van der Waals surface area contributed by atoms with Gasteiger partial charge in [0.2, 0.25) is 0 Å². The second-order valence-electron chi connectivity index (χ2n) is 4.30. The van der Waals surface area contributed by atoms with Crippen LogP contribution in [0.25, 0.3) is 0 Å². The number of nitrogens with one attached hydrogen (secondary N) is 1. The number of aromatic nitrogens is 2. The molecule has 0 aliphatic carbocycles. The van der Waals surface area contributed by atoms with Crippen LogP contribution < -0.4 is 5.32 Å². The van der Waals surface area contributed by atoms with Crippen LogP contribution in [0.2, 0.25) is 0 Å². The van der Waals surface area contributed by atoms with Crippen molar-refractivity contribution in [2.75, 3.05) is 18.4 Å². The summed E-state index contributed by atoms with van der Waals surface area (Å²) in [5, 5.41) is 8.77. The van der Waals surface area contributed by atoms with Crippen molar-refractivity contribution in [3.63, 3.8) is 0 Å². The molecule has 17 heavy (non-hydrogen) atoms. The maximum atomic E-state index is 4.24. The van der Waals surface area contributed by atoms with Crippen LogP contribution in [0.1, 0.15) is 46.2 Å². The number of anilines is 1. The van der Waals surface area contributed by atoms with Crippen molar-refractivity contribution in [2.24, 2.45) is 0 Å². The summed E-state index contributed by atoms with van der Waals surface area (Å²) in [4.78, 5) is 2.44. The lowest BCUT2D eigenvalue weighted by Crippen LogP contribution is -2.32. The summed E-state index contributed by atoms with van der Waals surface area (Å²) in [6.07, 6.45) is 2.29. The van der Waals surface area contributed by atoms with Crippen LogP contribution in [0.5, 0.6) is 0 Å². The molecule has 1 N–H and O–H groups in total. The lowest BCUT2D eigenvalue weighted by molar-refractivity contribution is 0.204. The first-order valence-electron chi connectivity index (χ1n) is 6.51. The summed E-state index contributed by atoms with van der Waals surface area (Å²) in [6, 6.07) is 0.598. The summed E-state index contributed by atoms with van der Waals surface area (Å²) in [5.74, 6) is 0. The van der Waals surface area contributed by atoms with Gasteiger partial charge in [0, 0.05) is 30.7 Å². The molecule has 1 unspecified atom stereocenters. The molecule has 1 heterocycles. The number of hydrogen-bond donors (Lipinski definition) is 1. The Morgan fingerprint density at radius 2 is 2.12 bits per heavy atom. The van der Waals surface area contributed by atoms with Crippen molar-refractivity contribution in [3.8, 4) is 0 Å². The molecule has 5 heteroatoms. The molecule has 0 aromatic carbocycles. The molecule has 0 fully saturated rings. The Hall–Kier alpha value is -0.680.